The van der Waals surface area contributed by atoms with Gasteiger partial charge in [-0.25, -0.2) is 0 Å². The number of ether oxygens (including phenoxy) is 5. The lowest BCUT2D eigenvalue weighted by atomic mass is 10.1. The van der Waals surface area contributed by atoms with Gasteiger partial charge < -0.3 is 29.0 Å². The molecule has 0 aromatic heterocycles. The molecule has 0 saturated carbocycles. The number of carbonyl (C=O) groups excluding carboxylic acids is 1. The fourth-order valence-electron chi connectivity index (χ4n) is 3.10. The molecule has 7 heteroatoms. The maximum atomic E-state index is 12.8. The third-order valence-corrected chi connectivity index (χ3v) is 4.63. The molecule has 1 N–H and O–H groups in total. The zero-order valence-electron chi connectivity index (χ0n) is 16.6. The Morgan fingerprint density at radius 1 is 0.900 bits per heavy atom. The second-order valence-corrected chi connectivity index (χ2v) is 6.49. The van der Waals surface area contributed by atoms with Crippen molar-refractivity contribution < 1.29 is 28.5 Å². The number of rotatable bonds is 7. The van der Waals surface area contributed by atoms with E-state index in [0.29, 0.717) is 40.0 Å². The van der Waals surface area contributed by atoms with Crippen molar-refractivity contribution in [3.63, 3.8) is 0 Å². The first kappa shape index (κ1) is 19.4. The highest BCUT2D eigenvalue weighted by Gasteiger charge is 2.16. The van der Waals surface area contributed by atoms with Crippen LogP contribution in [0.2, 0.25) is 0 Å². The van der Waals surface area contributed by atoms with E-state index in [-0.39, 0.29) is 19.3 Å². The summed E-state index contributed by atoms with van der Waals surface area (Å²) in [7, 11) is 3.16. The van der Waals surface area contributed by atoms with Gasteiger partial charge in [0.2, 0.25) is 6.79 Å². The van der Waals surface area contributed by atoms with Gasteiger partial charge in [-0.05, 0) is 42.5 Å². The molecule has 4 rings (SSSR count). The van der Waals surface area contributed by atoms with Crippen LogP contribution in [0.3, 0.4) is 0 Å². The Kier molecular flexibility index (Phi) is 5.61. The Labute approximate surface area is 174 Å². The number of nitrogens with one attached hydrogen (secondary N) is 1. The molecule has 1 aliphatic heterocycles. The number of amides is 1. The number of benzene rings is 3. The maximum Gasteiger partial charge on any atom is 0.255 e. The van der Waals surface area contributed by atoms with Crippen molar-refractivity contribution >= 4 is 11.6 Å². The minimum Gasteiger partial charge on any atom is -0.496 e. The van der Waals surface area contributed by atoms with Gasteiger partial charge >= 0.3 is 0 Å². The first-order chi connectivity index (χ1) is 14.7. The highest BCUT2D eigenvalue weighted by atomic mass is 16.7. The van der Waals surface area contributed by atoms with Crippen LogP contribution in [0.15, 0.2) is 60.7 Å². The number of hydrogen-bond acceptors (Lipinski definition) is 6. The van der Waals surface area contributed by atoms with Gasteiger partial charge in [-0.1, -0.05) is 12.1 Å². The summed E-state index contributed by atoms with van der Waals surface area (Å²) in [5.41, 5.74) is 1.83. The average Bonchev–Trinajstić information content (AvgIpc) is 3.25. The quantitative estimate of drug-likeness (QED) is 0.631. The van der Waals surface area contributed by atoms with Crippen LogP contribution in [0.1, 0.15) is 15.9 Å². The van der Waals surface area contributed by atoms with E-state index in [0.717, 1.165) is 5.56 Å². The molecule has 0 spiro atoms. The molecule has 0 unspecified atom stereocenters. The number of hydrogen-bond donors (Lipinski definition) is 1. The van der Waals surface area contributed by atoms with Crippen LogP contribution in [-0.4, -0.2) is 26.9 Å². The molecule has 0 aliphatic carbocycles. The third-order valence-electron chi connectivity index (χ3n) is 4.63. The van der Waals surface area contributed by atoms with E-state index < -0.39 is 0 Å². The van der Waals surface area contributed by atoms with Crippen molar-refractivity contribution in [2.24, 2.45) is 0 Å². The van der Waals surface area contributed by atoms with Crippen molar-refractivity contribution in [3.05, 3.63) is 71.8 Å². The molecule has 0 fully saturated rings. The molecule has 7 nitrogen and oxygen atoms in total. The summed E-state index contributed by atoms with van der Waals surface area (Å²) in [5, 5.41) is 2.87. The molecule has 3 aromatic carbocycles. The summed E-state index contributed by atoms with van der Waals surface area (Å²) in [6.45, 7) is 0.398. The minimum atomic E-state index is -0.255. The second-order valence-electron chi connectivity index (χ2n) is 6.49. The average molecular weight is 407 g/mol. The number of fused-ring (bicyclic) bond motifs is 1. The summed E-state index contributed by atoms with van der Waals surface area (Å²) < 4.78 is 27.3. The summed E-state index contributed by atoms with van der Waals surface area (Å²) in [6, 6.07) is 17.8. The van der Waals surface area contributed by atoms with Gasteiger partial charge in [-0.3, -0.25) is 4.79 Å². The molecule has 1 heterocycles. The molecule has 154 valence electrons. The van der Waals surface area contributed by atoms with Gasteiger partial charge in [-0.15, -0.1) is 0 Å². The van der Waals surface area contributed by atoms with Crippen LogP contribution in [-0.2, 0) is 6.61 Å². The Morgan fingerprint density at radius 3 is 2.47 bits per heavy atom. The molecule has 0 radical (unpaired) electrons. The first-order valence-corrected chi connectivity index (χ1v) is 9.31. The number of methoxy groups -OCH3 is 2. The highest BCUT2D eigenvalue weighted by molar-refractivity contribution is 6.04. The minimum absolute atomic E-state index is 0.181. The fourth-order valence-corrected chi connectivity index (χ4v) is 3.10. The lowest BCUT2D eigenvalue weighted by Gasteiger charge is -2.14. The normalized spacial score (nSPS) is 11.7. The van der Waals surface area contributed by atoms with Gasteiger partial charge in [0, 0.05) is 22.9 Å². The van der Waals surface area contributed by atoms with Crippen molar-refractivity contribution in [2.45, 2.75) is 6.61 Å². The Balaban J connectivity index is 1.51. The third kappa shape index (κ3) is 4.10. The molecule has 30 heavy (non-hydrogen) atoms. The van der Waals surface area contributed by atoms with E-state index in [1.54, 1.807) is 50.6 Å². The predicted octanol–water partition coefficient (Wildman–Crippen LogP) is 4.26. The van der Waals surface area contributed by atoms with E-state index in [4.69, 9.17) is 23.7 Å². The zero-order chi connectivity index (χ0) is 20.9. The van der Waals surface area contributed by atoms with Crippen LogP contribution in [0.5, 0.6) is 28.7 Å². The largest absolute Gasteiger partial charge is 0.496 e. The van der Waals surface area contributed by atoms with Crippen LogP contribution in [0, 0.1) is 0 Å². The number of carbonyl (C=O) groups is 1. The Bertz CT molecular complexity index is 1070. The van der Waals surface area contributed by atoms with Gasteiger partial charge in [0.25, 0.3) is 5.91 Å². The zero-order valence-corrected chi connectivity index (χ0v) is 16.6. The monoisotopic (exact) mass is 407 g/mol. The second kappa shape index (κ2) is 8.65. The van der Waals surface area contributed by atoms with Crippen molar-refractivity contribution in [1.29, 1.82) is 0 Å². The molecular weight excluding hydrogens is 386 g/mol. The van der Waals surface area contributed by atoms with Crippen LogP contribution in [0.4, 0.5) is 5.69 Å². The number of anilines is 1. The van der Waals surface area contributed by atoms with E-state index >= 15 is 0 Å². The van der Waals surface area contributed by atoms with Crippen molar-refractivity contribution in [2.75, 3.05) is 26.3 Å². The standard InChI is InChI=1S/C23H21NO6/c1-26-18-9-7-15(11-16(18)13-28-20-6-4-3-5-19(20)27-2)23(25)24-17-8-10-21-22(12-17)30-14-29-21/h3-12H,13-14H2,1-2H3,(H,24,25). The lowest BCUT2D eigenvalue weighted by Crippen LogP contribution is -2.13. The van der Waals surface area contributed by atoms with Crippen LogP contribution < -0.4 is 29.0 Å². The summed E-state index contributed by atoms with van der Waals surface area (Å²) in [5.74, 6) is 2.88. The highest BCUT2D eigenvalue weighted by Crippen LogP contribution is 2.34. The van der Waals surface area contributed by atoms with Crippen molar-refractivity contribution in [3.8, 4) is 28.7 Å². The number of para-hydroxylation sites is 2. The maximum absolute atomic E-state index is 12.8. The molecule has 1 amide bonds. The SMILES string of the molecule is COc1ccc(C(=O)Nc2ccc3c(c2)OCO3)cc1COc1ccccc1OC. The fraction of sp³-hybridized carbons (Fsp3) is 0.174. The van der Waals surface area contributed by atoms with Crippen molar-refractivity contribution in [1.82, 2.24) is 0 Å². The molecular formula is C23H21NO6. The topological polar surface area (TPSA) is 75.3 Å². The molecule has 3 aromatic rings. The van der Waals surface area contributed by atoms with Crippen LogP contribution in [0.25, 0.3) is 0 Å². The Morgan fingerprint density at radius 2 is 1.67 bits per heavy atom. The molecule has 0 saturated heterocycles. The lowest BCUT2D eigenvalue weighted by molar-refractivity contribution is 0.102. The summed E-state index contributed by atoms with van der Waals surface area (Å²) >= 11 is 0. The van der Waals surface area contributed by atoms with Gasteiger partial charge in [0.15, 0.2) is 23.0 Å². The van der Waals surface area contributed by atoms with E-state index in [1.165, 1.54) is 0 Å². The van der Waals surface area contributed by atoms with E-state index in [2.05, 4.69) is 5.32 Å². The summed E-state index contributed by atoms with van der Waals surface area (Å²) in [4.78, 5) is 12.8. The molecule has 0 atom stereocenters. The van der Waals surface area contributed by atoms with Gasteiger partial charge in [0.05, 0.1) is 14.2 Å². The van der Waals surface area contributed by atoms with E-state index in [9.17, 15) is 4.79 Å². The molecule has 1 aliphatic rings. The van der Waals surface area contributed by atoms with Crippen LogP contribution >= 0.6 is 0 Å². The smallest absolute Gasteiger partial charge is 0.255 e. The first-order valence-electron chi connectivity index (χ1n) is 9.31. The van der Waals surface area contributed by atoms with E-state index in [1.807, 2.05) is 24.3 Å². The van der Waals surface area contributed by atoms with Gasteiger partial charge in [-0.2, -0.15) is 0 Å². The summed E-state index contributed by atoms with van der Waals surface area (Å²) in [6.07, 6.45) is 0. The molecule has 0 bridgehead atoms. The predicted molar refractivity (Wildman–Crippen MR) is 111 cm³/mol. The Hall–Kier alpha value is -3.87. The van der Waals surface area contributed by atoms with Gasteiger partial charge in [0.1, 0.15) is 12.4 Å².